The smallest absolute Gasteiger partial charge is 0.262 e. The summed E-state index contributed by atoms with van der Waals surface area (Å²) in [6.45, 7) is 0. The number of nitrogens with two attached hydrogens (primary N) is 1. The number of hydrogen-bond acceptors (Lipinski definition) is 4. The first kappa shape index (κ1) is 15.6. The van der Waals surface area contributed by atoms with E-state index in [1.54, 1.807) is 42.5 Å². The van der Waals surface area contributed by atoms with E-state index in [1.807, 2.05) is 0 Å². The molecule has 3 rings (SSSR count). The van der Waals surface area contributed by atoms with E-state index in [-0.39, 0.29) is 5.91 Å². The van der Waals surface area contributed by atoms with Crippen molar-refractivity contribution in [3.63, 3.8) is 0 Å². The van der Waals surface area contributed by atoms with E-state index >= 15 is 0 Å². The quantitative estimate of drug-likeness (QED) is 0.799. The maximum absolute atomic E-state index is 12.9. The number of ether oxygens (including phenoxy) is 2. The average Bonchev–Trinajstić information content (AvgIpc) is 3.00. The van der Waals surface area contributed by atoms with Crippen LogP contribution in [0.15, 0.2) is 48.7 Å². The van der Waals surface area contributed by atoms with Crippen LogP contribution in [-0.4, -0.2) is 30.6 Å². The van der Waals surface area contributed by atoms with E-state index < -0.39 is 5.91 Å². The number of para-hydroxylation sites is 1. The van der Waals surface area contributed by atoms with E-state index in [9.17, 15) is 9.59 Å². The fourth-order valence-electron chi connectivity index (χ4n) is 2.65. The Morgan fingerprint density at radius 2 is 1.71 bits per heavy atom. The fraction of sp³-hybridized carbons (Fsp3) is 0.111. The summed E-state index contributed by atoms with van der Waals surface area (Å²) in [6.07, 6.45) is 1.46. The SMILES string of the molecule is COc1ccc(C(=O)n2cc(C(N)=O)c3ccccc32)cc1OC. The molecule has 0 aliphatic heterocycles. The molecule has 0 radical (unpaired) electrons. The van der Waals surface area contributed by atoms with Crippen LogP contribution in [0.3, 0.4) is 0 Å². The van der Waals surface area contributed by atoms with Crippen LogP contribution in [0.5, 0.6) is 11.5 Å². The van der Waals surface area contributed by atoms with Crippen LogP contribution in [0.2, 0.25) is 0 Å². The largest absolute Gasteiger partial charge is 0.493 e. The molecule has 0 saturated heterocycles. The van der Waals surface area contributed by atoms with Crippen molar-refractivity contribution in [1.29, 1.82) is 0 Å². The molecule has 2 N–H and O–H groups in total. The predicted octanol–water partition coefficient (Wildman–Crippen LogP) is 2.45. The van der Waals surface area contributed by atoms with Crippen molar-refractivity contribution in [2.75, 3.05) is 14.2 Å². The van der Waals surface area contributed by atoms with Gasteiger partial charge in [0, 0.05) is 17.1 Å². The standard InChI is InChI=1S/C18H16N2O4/c1-23-15-8-7-11(9-16(15)24-2)18(22)20-10-13(17(19)21)12-5-3-4-6-14(12)20/h3-10H,1-2H3,(H2,19,21). The molecule has 6 heteroatoms. The number of hydrogen-bond donors (Lipinski definition) is 1. The van der Waals surface area contributed by atoms with Crippen LogP contribution in [0.4, 0.5) is 0 Å². The zero-order chi connectivity index (χ0) is 17.3. The van der Waals surface area contributed by atoms with Crippen molar-refractivity contribution in [2.45, 2.75) is 0 Å². The van der Waals surface area contributed by atoms with Crippen molar-refractivity contribution in [3.05, 3.63) is 59.8 Å². The lowest BCUT2D eigenvalue weighted by Gasteiger charge is -2.10. The van der Waals surface area contributed by atoms with Gasteiger partial charge in [0.25, 0.3) is 11.8 Å². The molecule has 0 spiro atoms. The van der Waals surface area contributed by atoms with Crippen molar-refractivity contribution in [1.82, 2.24) is 4.57 Å². The van der Waals surface area contributed by atoms with Gasteiger partial charge in [0.05, 0.1) is 25.3 Å². The van der Waals surface area contributed by atoms with Crippen LogP contribution >= 0.6 is 0 Å². The summed E-state index contributed by atoms with van der Waals surface area (Å²) in [6, 6.07) is 12.0. The molecule has 2 aromatic carbocycles. The van der Waals surface area contributed by atoms with Crippen molar-refractivity contribution in [3.8, 4) is 11.5 Å². The third kappa shape index (κ3) is 2.48. The number of fused-ring (bicyclic) bond motifs is 1. The highest BCUT2D eigenvalue weighted by Crippen LogP contribution is 2.29. The summed E-state index contributed by atoms with van der Waals surface area (Å²) >= 11 is 0. The van der Waals surface area contributed by atoms with Crippen LogP contribution < -0.4 is 15.2 Å². The second kappa shape index (κ2) is 6.08. The first-order chi connectivity index (χ1) is 11.6. The molecular weight excluding hydrogens is 308 g/mol. The minimum atomic E-state index is -0.579. The maximum Gasteiger partial charge on any atom is 0.262 e. The summed E-state index contributed by atoms with van der Waals surface area (Å²) in [4.78, 5) is 24.5. The lowest BCUT2D eigenvalue weighted by molar-refractivity contribution is 0.0964. The van der Waals surface area contributed by atoms with E-state index in [4.69, 9.17) is 15.2 Å². The van der Waals surface area contributed by atoms with E-state index in [2.05, 4.69) is 0 Å². The Morgan fingerprint density at radius 3 is 2.38 bits per heavy atom. The first-order valence-corrected chi connectivity index (χ1v) is 7.23. The number of aromatic nitrogens is 1. The van der Waals surface area contributed by atoms with Gasteiger partial charge in [-0.3, -0.25) is 14.2 Å². The maximum atomic E-state index is 12.9. The van der Waals surface area contributed by atoms with Gasteiger partial charge in [0.15, 0.2) is 11.5 Å². The number of amides is 1. The minimum Gasteiger partial charge on any atom is -0.493 e. The normalized spacial score (nSPS) is 10.6. The lowest BCUT2D eigenvalue weighted by atomic mass is 10.1. The number of methoxy groups -OCH3 is 2. The molecule has 6 nitrogen and oxygen atoms in total. The predicted molar refractivity (Wildman–Crippen MR) is 89.7 cm³/mol. The topological polar surface area (TPSA) is 83.5 Å². The van der Waals surface area contributed by atoms with Gasteiger partial charge in [-0.15, -0.1) is 0 Å². The van der Waals surface area contributed by atoms with E-state index in [1.165, 1.54) is 25.0 Å². The summed E-state index contributed by atoms with van der Waals surface area (Å²) in [7, 11) is 3.03. The first-order valence-electron chi connectivity index (χ1n) is 7.23. The number of primary amides is 1. The molecule has 0 unspecified atom stereocenters. The molecule has 0 fully saturated rings. The molecule has 0 bridgehead atoms. The van der Waals surface area contributed by atoms with Gasteiger partial charge < -0.3 is 15.2 Å². The number of carbonyl (C=O) groups excluding carboxylic acids is 2. The molecule has 122 valence electrons. The highest BCUT2D eigenvalue weighted by molar-refractivity contribution is 6.11. The van der Waals surface area contributed by atoms with Crippen LogP contribution in [0.25, 0.3) is 10.9 Å². The lowest BCUT2D eigenvalue weighted by Crippen LogP contribution is -2.13. The van der Waals surface area contributed by atoms with Gasteiger partial charge in [0.1, 0.15) is 0 Å². The molecule has 24 heavy (non-hydrogen) atoms. The summed E-state index contributed by atoms with van der Waals surface area (Å²) in [5.41, 5.74) is 6.74. The highest BCUT2D eigenvalue weighted by Gasteiger charge is 2.18. The monoisotopic (exact) mass is 324 g/mol. The Kier molecular flexibility index (Phi) is 3.95. The van der Waals surface area contributed by atoms with Gasteiger partial charge in [-0.1, -0.05) is 18.2 Å². The third-order valence-electron chi connectivity index (χ3n) is 3.83. The van der Waals surface area contributed by atoms with Gasteiger partial charge in [-0.05, 0) is 24.3 Å². The van der Waals surface area contributed by atoms with Crippen LogP contribution in [0.1, 0.15) is 20.7 Å². The Balaban J connectivity index is 2.14. The number of benzene rings is 2. The van der Waals surface area contributed by atoms with E-state index in [0.29, 0.717) is 33.5 Å². The van der Waals surface area contributed by atoms with Crippen molar-refractivity contribution in [2.24, 2.45) is 5.73 Å². The second-order valence-corrected chi connectivity index (χ2v) is 5.17. The summed E-state index contributed by atoms with van der Waals surface area (Å²) in [5, 5.41) is 0.638. The molecule has 0 aliphatic rings. The Bertz CT molecular complexity index is 943. The zero-order valence-corrected chi connectivity index (χ0v) is 13.3. The molecule has 0 atom stereocenters. The Labute approximate surface area is 138 Å². The molecule has 1 heterocycles. The fourth-order valence-corrected chi connectivity index (χ4v) is 2.65. The van der Waals surface area contributed by atoms with Gasteiger partial charge in [-0.2, -0.15) is 0 Å². The molecule has 1 amide bonds. The molecule has 3 aromatic rings. The number of nitrogens with zero attached hydrogens (tertiary/aromatic N) is 1. The number of carbonyl (C=O) groups is 2. The Morgan fingerprint density at radius 1 is 1.00 bits per heavy atom. The summed E-state index contributed by atoms with van der Waals surface area (Å²) < 4.78 is 11.8. The third-order valence-corrected chi connectivity index (χ3v) is 3.83. The van der Waals surface area contributed by atoms with Crippen molar-refractivity contribution >= 4 is 22.7 Å². The van der Waals surface area contributed by atoms with Gasteiger partial charge in [0.2, 0.25) is 0 Å². The molecule has 0 aliphatic carbocycles. The summed E-state index contributed by atoms with van der Waals surface area (Å²) in [5.74, 6) is 0.115. The highest BCUT2D eigenvalue weighted by atomic mass is 16.5. The van der Waals surface area contributed by atoms with Gasteiger partial charge >= 0.3 is 0 Å². The van der Waals surface area contributed by atoms with E-state index in [0.717, 1.165) is 0 Å². The number of rotatable bonds is 4. The van der Waals surface area contributed by atoms with Crippen molar-refractivity contribution < 1.29 is 19.1 Å². The molecule has 1 aromatic heterocycles. The zero-order valence-electron chi connectivity index (χ0n) is 13.3. The average molecular weight is 324 g/mol. The van der Waals surface area contributed by atoms with Gasteiger partial charge in [-0.25, -0.2) is 0 Å². The minimum absolute atomic E-state index is 0.292. The van der Waals surface area contributed by atoms with Crippen LogP contribution in [0, 0.1) is 0 Å². The second-order valence-electron chi connectivity index (χ2n) is 5.17. The molecule has 0 saturated carbocycles. The van der Waals surface area contributed by atoms with Crippen LogP contribution in [-0.2, 0) is 0 Å². The Hall–Kier alpha value is -3.28. The molecular formula is C18H16N2O4.